The Balaban J connectivity index is 1.64. The van der Waals surface area contributed by atoms with E-state index in [0.29, 0.717) is 23.9 Å². The average Bonchev–Trinajstić information content (AvgIpc) is 2.83. The van der Waals surface area contributed by atoms with Crippen molar-refractivity contribution in [1.29, 1.82) is 0 Å². The van der Waals surface area contributed by atoms with Crippen LogP contribution in [0.4, 0.5) is 5.82 Å². The van der Waals surface area contributed by atoms with Crippen LogP contribution >= 0.6 is 0 Å². The van der Waals surface area contributed by atoms with E-state index in [2.05, 4.69) is 28.6 Å². The Labute approximate surface area is 144 Å². The van der Waals surface area contributed by atoms with Crippen LogP contribution in [0.3, 0.4) is 0 Å². The Morgan fingerprint density at radius 2 is 1.96 bits per heavy atom. The van der Waals surface area contributed by atoms with Gasteiger partial charge in [0.2, 0.25) is 5.91 Å². The molecule has 2 saturated heterocycles. The van der Waals surface area contributed by atoms with Gasteiger partial charge >= 0.3 is 0 Å². The van der Waals surface area contributed by atoms with E-state index in [1.807, 2.05) is 18.2 Å². The zero-order valence-electron chi connectivity index (χ0n) is 15.0. The van der Waals surface area contributed by atoms with Gasteiger partial charge in [-0.25, -0.2) is 4.98 Å². The highest BCUT2D eigenvalue weighted by Crippen LogP contribution is 2.41. The molecule has 1 N–H and O–H groups in total. The molecule has 0 saturated carbocycles. The Morgan fingerprint density at radius 3 is 2.58 bits per heavy atom. The number of nitrogens with zero attached hydrogens (tertiary/aromatic N) is 3. The van der Waals surface area contributed by atoms with E-state index in [9.17, 15) is 9.90 Å². The molecule has 1 atom stereocenters. The summed E-state index contributed by atoms with van der Waals surface area (Å²) in [5.41, 5.74) is 0.872. The molecule has 5 nitrogen and oxygen atoms in total. The molecule has 1 unspecified atom stereocenters. The number of hydrogen-bond acceptors (Lipinski definition) is 4. The molecule has 1 spiro atoms. The highest BCUT2D eigenvalue weighted by atomic mass is 16.3. The van der Waals surface area contributed by atoms with Crippen LogP contribution in [0, 0.1) is 11.3 Å². The number of aliphatic hydroxyl groups excluding tert-OH is 1. The van der Waals surface area contributed by atoms with E-state index in [0.717, 1.165) is 44.8 Å². The van der Waals surface area contributed by atoms with Gasteiger partial charge in [0.05, 0.1) is 11.8 Å². The van der Waals surface area contributed by atoms with Gasteiger partial charge < -0.3 is 14.9 Å². The number of amides is 1. The first kappa shape index (κ1) is 17.2. The van der Waals surface area contributed by atoms with Crippen molar-refractivity contribution in [3.8, 4) is 0 Å². The number of piperidine rings is 1. The zero-order chi connectivity index (χ0) is 17.3. The summed E-state index contributed by atoms with van der Waals surface area (Å²) in [5, 5.41) is 9.72. The number of pyridine rings is 1. The Hall–Kier alpha value is -1.62. The van der Waals surface area contributed by atoms with Gasteiger partial charge in [0.15, 0.2) is 0 Å². The molecule has 2 aliphatic rings. The molecule has 1 amide bonds. The molecular formula is C19H29N3O2. The average molecular weight is 331 g/mol. The van der Waals surface area contributed by atoms with Crippen LogP contribution in [0.25, 0.3) is 0 Å². The molecule has 1 aromatic heterocycles. The fourth-order valence-corrected chi connectivity index (χ4v) is 3.98. The van der Waals surface area contributed by atoms with Crippen molar-refractivity contribution in [3.63, 3.8) is 0 Å². The monoisotopic (exact) mass is 331 g/mol. The van der Waals surface area contributed by atoms with Gasteiger partial charge in [-0.3, -0.25) is 4.79 Å². The summed E-state index contributed by atoms with van der Waals surface area (Å²) >= 11 is 0. The standard InChI is InChI=1S/C19H29N3O2/c1-14(2)12-22-13-19(11-18(22)24)7-9-21(10-8-19)17-6-4-5-16(20-17)15(3)23/h4-6,14-15,23H,7-13H2,1-3H3. The van der Waals surface area contributed by atoms with Crippen LogP contribution in [0.1, 0.15) is 51.8 Å². The lowest BCUT2D eigenvalue weighted by Crippen LogP contribution is -2.42. The summed E-state index contributed by atoms with van der Waals surface area (Å²) in [6.45, 7) is 9.73. The van der Waals surface area contributed by atoms with Crippen LogP contribution in [0.2, 0.25) is 0 Å². The van der Waals surface area contributed by atoms with E-state index in [-0.39, 0.29) is 5.41 Å². The fraction of sp³-hybridized carbons (Fsp3) is 0.684. The first-order valence-corrected chi connectivity index (χ1v) is 9.06. The Morgan fingerprint density at radius 1 is 1.25 bits per heavy atom. The first-order valence-electron chi connectivity index (χ1n) is 9.06. The summed E-state index contributed by atoms with van der Waals surface area (Å²) in [6, 6.07) is 5.83. The lowest BCUT2D eigenvalue weighted by Gasteiger charge is -2.39. The molecule has 5 heteroatoms. The van der Waals surface area contributed by atoms with Gasteiger partial charge in [0.25, 0.3) is 0 Å². The van der Waals surface area contributed by atoms with Gasteiger partial charge in [-0.05, 0) is 37.8 Å². The molecule has 2 aliphatic heterocycles. The van der Waals surface area contributed by atoms with Gasteiger partial charge in [-0.15, -0.1) is 0 Å². The van der Waals surface area contributed by atoms with Crippen molar-refractivity contribution in [3.05, 3.63) is 23.9 Å². The van der Waals surface area contributed by atoms with Gasteiger partial charge in [0.1, 0.15) is 5.82 Å². The van der Waals surface area contributed by atoms with Crippen molar-refractivity contribution in [2.75, 3.05) is 31.1 Å². The van der Waals surface area contributed by atoms with Crippen LogP contribution in [0.5, 0.6) is 0 Å². The summed E-state index contributed by atoms with van der Waals surface area (Å²) in [6.07, 6.45) is 2.23. The fourth-order valence-electron chi connectivity index (χ4n) is 3.98. The maximum absolute atomic E-state index is 12.3. The molecule has 0 radical (unpaired) electrons. The van der Waals surface area contributed by atoms with E-state index < -0.39 is 6.10 Å². The maximum Gasteiger partial charge on any atom is 0.223 e. The second-order valence-electron chi connectivity index (χ2n) is 7.93. The van der Waals surface area contributed by atoms with Gasteiger partial charge in [-0.2, -0.15) is 0 Å². The molecule has 1 aromatic rings. The molecule has 3 rings (SSSR count). The molecular weight excluding hydrogens is 302 g/mol. The molecule has 24 heavy (non-hydrogen) atoms. The maximum atomic E-state index is 12.3. The van der Waals surface area contributed by atoms with Crippen molar-refractivity contribution in [1.82, 2.24) is 9.88 Å². The largest absolute Gasteiger partial charge is 0.387 e. The van der Waals surface area contributed by atoms with Crippen LogP contribution in [-0.4, -0.2) is 47.1 Å². The topological polar surface area (TPSA) is 56.7 Å². The van der Waals surface area contributed by atoms with Gasteiger partial charge in [0, 0.05) is 38.0 Å². The third-order valence-corrected chi connectivity index (χ3v) is 5.32. The minimum Gasteiger partial charge on any atom is -0.387 e. The lowest BCUT2D eigenvalue weighted by molar-refractivity contribution is -0.128. The number of rotatable bonds is 4. The highest BCUT2D eigenvalue weighted by Gasteiger charge is 2.44. The summed E-state index contributed by atoms with van der Waals surface area (Å²) in [7, 11) is 0. The van der Waals surface area contributed by atoms with Crippen LogP contribution in [-0.2, 0) is 4.79 Å². The number of anilines is 1. The predicted octanol–water partition coefficient (Wildman–Crippen LogP) is 2.61. The molecule has 0 bridgehead atoms. The van der Waals surface area contributed by atoms with Crippen LogP contribution in [0.15, 0.2) is 18.2 Å². The molecule has 2 fully saturated rings. The third kappa shape index (κ3) is 3.56. The SMILES string of the molecule is CC(C)CN1CC2(CCN(c3cccc(C(C)O)n3)CC2)CC1=O. The highest BCUT2D eigenvalue weighted by molar-refractivity contribution is 5.79. The Bertz CT molecular complexity index is 592. The number of likely N-dealkylation sites (tertiary alicyclic amines) is 1. The molecule has 3 heterocycles. The van der Waals surface area contributed by atoms with Crippen molar-refractivity contribution < 1.29 is 9.90 Å². The zero-order valence-corrected chi connectivity index (χ0v) is 15.0. The van der Waals surface area contributed by atoms with Crippen molar-refractivity contribution in [2.45, 2.75) is 46.1 Å². The smallest absolute Gasteiger partial charge is 0.223 e. The molecule has 0 aliphatic carbocycles. The Kier molecular flexibility index (Phi) is 4.81. The first-order chi connectivity index (χ1) is 11.4. The number of hydrogen-bond donors (Lipinski definition) is 1. The minimum absolute atomic E-state index is 0.157. The van der Waals surface area contributed by atoms with E-state index in [1.165, 1.54) is 0 Å². The van der Waals surface area contributed by atoms with E-state index in [1.54, 1.807) is 6.92 Å². The lowest BCUT2D eigenvalue weighted by atomic mass is 9.77. The quantitative estimate of drug-likeness (QED) is 0.921. The van der Waals surface area contributed by atoms with Crippen molar-refractivity contribution >= 4 is 11.7 Å². The number of aromatic nitrogens is 1. The van der Waals surface area contributed by atoms with E-state index in [4.69, 9.17) is 0 Å². The summed E-state index contributed by atoms with van der Waals surface area (Å²) in [4.78, 5) is 21.3. The van der Waals surface area contributed by atoms with Crippen LogP contribution < -0.4 is 4.90 Å². The number of aliphatic hydroxyl groups is 1. The molecule has 132 valence electrons. The molecule has 0 aromatic carbocycles. The third-order valence-electron chi connectivity index (χ3n) is 5.32. The summed E-state index contributed by atoms with van der Waals surface area (Å²) in [5.74, 6) is 1.79. The number of carbonyl (C=O) groups excluding carboxylic acids is 1. The van der Waals surface area contributed by atoms with Gasteiger partial charge in [-0.1, -0.05) is 19.9 Å². The second kappa shape index (κ2) is 6.71. The minimum atomic E-state index is -0.543. The summed E-state index contributed by atoms with van der Waals surface area (Å²) < 4.78 is 0. The normalized spacial score (nSPS) is 21.8. The number of carbonyl (C=O) groups is 1. The second-order valence-corrected chi connectivity index (χ2v) is 7.93. The predicted molar refractivity (Wildman–Crippen MR) is 94.8 cm³/mol. The van der Waals surface area contributed by atoms with Crippen molar-refractivity contribution in [2.24, 2.45) is 11.3 Å². The van der Waals surface area contributed by atoms with E-state index >= 15 is 0 Å².